The van der Waals surface area contributed by atoms with Crippen LogP contribution >= 0.6 is 0 Å². The second kappa shape index (κ2) is 7.46. The van der Waals surface area contributed by atoms with Crippen molar-refractivity contribution >= 4 is 34.8 Å². The molecule has 2 aromatic carbocycles. The fourth-order valence-electron chi connectivity index (χ4n) is 3.07. The predicted molar refractivity (Wildman–Crippen MR) is 111 cm³/mol. The summed E-state index contributed by atoms with van der Waals surface area (Å²) in [5.41, 5.74) is 3.13. The van der Waals surface area contributed by atoms with Gasteiger partial charge in [0.15, 0.2) is 0 Å². The Morgan fingerprint density at radius 2 is 1.64 bits per heavy atom. The number of nitrogens with one attached hydrogen (secondary N) is 2. The van der Waals surface area contributed by atoms with E-state index < -0.39 is 5.41 Å². The van der Waals surface area contributed by atoms with Crippen LogP contribution in [0.3, 0.4) is 0 Å². The molecule has 2 N–H and O–H groups in total. The van der Waals surface area contributed by atoms with Gasteiger partial charge in [-0.05, 0) is 48.4 Å². The first-order chi connectivity index (χ1) is 13.1. The molecule has 0 fully saturated rings. The van der Waals surface area contributed by atoms with E-state index in [1.54, 1.807) is 42.2 Å². The van der Waals surface area contributed by atoms with Crippen molar-refractivity contribution in [2.75, 3.05) is 22.1 Å². The van der Waals surface area contributed by atoms with Crippen molar-refractivity contribution in [1.29, 1.82) is 0 Å². The summed E-state index contributed by atoms with van der Waals surface area (Å²) in [7, 11) is 0. The zero-order valence-electron chi connectivity index (χ0n) is 16.6. The maximum absolute atomic E-state index is 12.6. The largest absolute Gasteiger partial charge is 0.326 e. The maximum Gasteiger partial charge on any atom is 0.255 e. The van der Waals surface area contributed by atoms with Gasteiger partial charge in [-0.25, -0.2) is 0 Å². The topological polar surface area (TPSA) is 78.5 Å². The number of rotatable bonds is 3. The van der Waals surface area contributed by atoms with Gasteiger partial charge in [-0.1, -0.05) is 26.8 Å². The maximum atomic E-state index is 12.6. The SMILES string of the molecule is CC(=O)N1CCc2cc(C(=O)Nc3cccc(NC(=O)C(C)(C)C)c3)ccc21. The molecule has 1 aliphatic rings. The van der Waals surface area contributed by atoms with Crippen LogP contribution in [0.5, 0.6) is 0 Å². The van der Waals surface area contributed by atoms with Crippen LogP contribution < -0.4 is 15.5 Å². The van der Waals surface area contributed by atoms with Gasteiger partial charge in [0.05, 0.1) is 0 Å². The number of anilines is 3. The molecule has 3 amide bonds. The van der Waals surface area contributed by atoms with E-state index >= 15 is 0 Å². The van der Waals surface area contributed by atoms with Crippen LogP contribution in [0.2, 0.25) is 0 Å². The lowest BCUT2D eigenvalue weighted by atomic mass is 9.95. The number of carbonyl (C=O) groups is 3. The number of carbonyl (C=O) groups excluding carboxylic acids is 3. The van der Waals surface area contributed by atoms with Crippen LogP contribution in [-0.4, -0.2) is 24.3 Å². The Hall–Kier alpha value is -3.15. The highest BCUT2D eigenvalue weighted by Gasteiger charge is 2.23. The predicted octanol–water partition coefficient (Wildman–Crippen LogP) is 3.83. The van der Waals surface area contributed by atoms with E-state index in [-0.39, 0.29) is 17.7 Å². The minimum absolute atomic E-state index is 0.00469. The third-order valence-electron chi connectivity index (χ3n) is 4.68. The van der Waals surface area contributed by atoms with Crippen LogP contribution in [0.4, 0.5) is 17.1 Å². The van der Waals surface area contributed by atoms with Crippen molar-refractivity contribution in [2.24, 2.45) is 5.41 Å². The number of hydrogen-bond acceptors (Lipinski definition) is 3. The molecule has 0 radical (unpaired) electrons. The van der Waals surface area contributed by atoms with Gasteiger partial charge in [-0.15, -0.1) is 0 Å². The molecule has 146 valence electrons. The van der Waals surface area contributed by atoms with E-state index in [1.807, 2.05) is 32.9 Å². The summed E-state index contributed by atoms with van der Waals surface area (Å²) in [5, 5.41) is 5.72. The molecule has 0 saturated heterocycles. The van der Waals surface area contributed by atoms with Crippen molar-refractivity contribution in [3.05, 3.63) is 53.6 Å². The van der Waals surface area contributed by atoms with Gasteiger partial charge in [-0.3, -0.25) is 14.4 Å². The molecule has 0 aliphatic carbocycles. The lowest BCUT2D eigenvalue weighted by molar-refractivity contribution is -0.123. The van der Waals surface area contributed by atoms with Crippen molar-refractivity contribution in [1.82, 2.24) is 0 Å². The van der Waals surface area contributed by atoms with Gasteiger partial charge in [0.25, 0.3) is 5.91 Å². The molecule has 1 aliphatic heterocycles. The third kappa shape index (κ3) is 4.22. The molecule has 0 spiro atoms. The molecule has 28 heavy (non-hydrogen) atoms. The zero-order chi connectivity index (χ0) is 20.5. The minimum atomic E-state index is -0.503. The van der Waals surface area contributed by atoms with Crippen molar-refractivity contribution < 1.29 is 14.4 Å². The molecule has 0 bridgehead atoms. The van der Waals surface area contributed by atoms with E-state index in [9.17, 15) is 14.4 Å². The van der Waals surface area contributed by atoms with E-state index in [2.05, 4.69) is 10.6 Å². The standard InChI is InChI=1S/C22H25N3O3/c1-14(26)25-11-10-15-12-16(8-9-19(15)25)20(27)23-17-6-5-7-18(13-17)24-21(28)22(2,3)4/h5-9,12-13H,10-11H2,1-4H3,(H,23,27)(H,24,28). The summed E-state index contributed by atoms with van der Waals surface area (Å²) in [6.45, 7) is 7.71. The zero-order valence-corrected chi connectivity index (χ0v) is 16.6. The number of hydrogen-bond donors (Lipinski definition) is 2. The summed E-state index contributed by atoms with van der Waals surface area (Å²) < 4.78 is 0. The summed E-state index contributed by atoms with van der Waals surface area (Å²) in [6, 6.07) is 12.4. The molecule has 1 heterocycles. The second-order valence-corrected chi connectivity index (χ2v) is 8.00. The molecule has 0 unspecified atom stereocenters. The summed E-state index contributed by atoms with van der Waals surface area (Å²) in [6.07, 6.45) is 0.740. The van der Waals surface area contributed by atoms with E-state index in [0.717, 1.165) is 17.7 Å². The Bertz CT molecular complexity index is 944. The molecule has 6 nitrogen and oxygen atoms in total. The van der Waals surface area contributed by atoms with Crippen molar-refractivity contribution in [2.45, 2.75) is 34.1 Å². The van der Waals surface area contributed by atoms with Crippen LogP contribution in [0, 0.1) is 5.41 Å². The number of fused-ring (bicyclic) bond motifs is 1. The summed E-state index contributed by atoms with van der Waals surface area (Å²) in [4.78, 5) is 38.2. The molecule has 3 rings (SSSR count). The average Bonchev–Trinajstić information content (AvgIpc) is 3.04. The molecule has 0 atom stereocenters. The van der Waals surface area contributed by atoms with Gasteiger partial charge < -0.3 is 15.5 Å². The Morgan fingerprint density at radius 1 is 0.964 bits per heavy atom. The highest BCUT2D eigenvalue weighted by Crippen LogP contribution is 2.29. The van der Waals surface area contributed by atoms with E-state index in [1.165, 1.54) is 0 Å². The van der Waals surface area contributed by atoms with Crippen LogP contribution in [0.25, 0.3) is 0 Å². The first-order valence-electron chi connectivity index (χ1n) is 9.29. The monoisotopic (exact) mass is 379 g/mol. The first-order valence-corrected chi connectivity index (χ1v) is 9.29. The molecule has 0 aromatic heterocycles. The van der Waals surface area contributed by atoms with Gasteiger partial charge in [0, 0.05) is 41.5 Å². The number of benzene rings is 2. The lowest BCUT2D eigenvalue weighted by Crippen LogP contribution is -2.27. The Kier molecular flexibility index (Phi) is 5.23. The number of amides is 3. The Labute approximate surface area is 164 Å². The quantitative estimate of drug-likeness (QED) is 0.851. The minimum Gasteiger partial charge on any atom is -0.326 e. The van der Waals surface area contributed by atoms with Gasteiger partial charge in [-0.2, -0.15) is 0 Å². The van der Waals surface area contributed by atoms with E-state index in [0.29, 0.717) is 23.5 Å². The van der Waals surface area contributed by atoms with Crippen LogP contribution in [0.1, 0.15) is 43.6 Å². The Morgan fingerprint density at radius 3 is 2.29 bits per heavy atom. The molecular weight excluding hydrogens is 354 g/mol. The third-order valence-corrected chi connectivity index (χ3v) is 4.68. The fraction of sp³-hybridized carbons (Fsp3) is 0.318. The Balaban J connectivity index is 1.73. The normalized spacial score (nSPS) is 13.1. The van der Waals surface area contributed by atoms with E-state index in [4.69, 9.17) is 0 Å². The number of nitrogens with zero attached hydrogens (tertiary/aromatic N) is 1. The van der Waals surface area contributed by atoms with Crippen LogP contribution in [0.15, 0.2) is 42.5 Å². The highest BCUT2D eigenvalue weighted by atomic mass is 16.2. The highest BCUT2D eigenvalue weighted by molar-refractivity contribution is 6.05. The molecule has 2 aromatic rings. The lowest BCUT2D eigenvalue weighted by Gasteiger charge is -2.18. The molecule has 6 heteroatoms. The summed E-state index contributed by atoms with van der Waals surface area (Å²) in [5.74, 6) is -0.321. The van der Waals surface area contributed by atoms with Crippen molar-refractivity contribution in [3.8, 4) is 0 Å². The van der Waals surface area contributed by atoms with Gasteiger partial charge in [0.1, 0.15) is 0 Å². The van der Waals surface area contributed by atoms with Gasteiger partial charge >= 0.3 is 0 Å². The average molecular weight is 379 g/mol. The fourth-order valence-corrected chi connectivity index (χ4v) is 3.07. The van der Waals surface area contributed by atoms with Crippen LogP contribution in [-0.2, 0) is 16.0 Å². The van der Waals surface area contributed by atoms with Gasteiger partial charge in [0.2, 0.25) is 11.8 Å². The smallest absolute Gasteiger partial charge is 0.255 e. The molecule has 0 saturated carbocycles. The first kappa shape index (κ1) is 19.6. The summed E-state index contributed by atoms with van der Waals surface area (Å²) >= 11 is 0. The second-order valence-electron chi connectivity index (χ2n) is 8.00. The molecular formula is C22H25N3O3. The van der Waals surface area contributed by atoms with Crippen molar-refractivity contribution in [3.63, 3.8) is 0 Å².